The average Bonchev–Trinajstić information content (AvgIpc) is 2.77. The molecule has 0 bridgehead atoms. The first-order valence-corrected chi connectivity index (χ1v) is 10.5. The van der Waals surface area contributed by atoms with Crippen molar-refractivity contribution in [3.63, 3.8) is 0 Å². The van der Waals surface area contributed by atoms with Crippen LogP contribution < -0.4 is 11.2 Å². The van der Waals surface area contributed by atoms with Gasteiger partial charge >= 0.3 is 5.69 Å². The van der Waals surface area contributed by atoms with E-state index in [1.807, 2.05) is 30.3 Å². The molecule has 160 valence electrons. The number of nitrogens with one attached hydrogen (secondary N) is 1. The zero-order valence-corrected chi connectivity index (χ0v) is 18.2. The SMILES string of the molecule is O=C(Cc1ccccc1)C(c1ccc(Cl)cc1)c1ccc(-n2ncc(=O)[nH]c2=O)cc1Cl. The highest BCUT2D eigenvalue weighted by molar-refractivity contribution is 6.32. The molecule has 0 aliphatic carbocycles. The number of benzene rings is 3. The molecular formula is C24H17Cl2N3O3. The molecule has 1 unspecified atom stereocenters. The number of rotatable bonds is 6. The number of aromatic amines is 1. The fraction of sp³-hybridized carbons (Fsp3) is 0.0833. The quantitative estimate of drug-likeness (QED) is 0.462. The van der Waals surface area contributed by atoms with Crippen LogP contribution in [0.4, 0.5) is 0 Å². The zero-order valence-electron chi connectivity index (χ0n) is 16.7. The van der Waals surface area contributed by atoms with E-state index in [2.05, 4.69) is 10.1 Å². The van der Waals surface area contributed by atoms with Gasteiger partial charge in [0.25, 0.3) is 5.56 Å². The van der Waals surface area contributed by atoms with Gasteiger partial charge in [0.15, 0.2) is 0 Å². The molecule has 1 N–H and O–H groups in total. The summed E-state index contributed by atoms with van der Waals surface area (Å²) in [5, 5.41) is 4.70. The van der Waals surface area contributed by atoms with Crippen molar-refractivity contribution >= 4 is 29.0 Å². The van der Waals surface area contributed by atoms with Gasteiger partial charge in [-0.2, -0.15) is 9.78 Å². The Morgan fingerprint density at radius 2 is 1.69 bits per heavy atom. The van der Waals surface area contributed by atoms with Gasteiger partial charge in [-0.3, -0.25) is 14.6 Å². The van der Waals surface area contributed by atoms with Crippen LogP contribution in [0.25, 0.3) is 5.69 Å². The number of hydrogen-bond acceptors (Lipinski definition) is 4. The van der Waals surface area contributed by atoms with Gasteiger partial charge in [-0.1, -0.05) is 71.7 Å². The Balaban J connectivity index is 1.76. The van der Waals surface area contributed by atoms with Gasteiger partial charge in [0, 0.05) is 16.5 Å². The first kappa shape index (κ1) is 21.7. The maximum atomic E-state index is 13.4. The van der Waals surface area contributed by atoms with Crippen molar-refractivity contribution in [3.8, 4) is 5.69 Å². The molecular weight excluding hydrogens is 449 g/mol. The summed E-state index contributed by atoms with van der Waals surface area (Å²) in [4.78, 5) is 38.9. The zero-order chi connectivity index (χ0) is 22.7. The lowest BCUT2D eigenvalue weighted by molar-refractivity contribution is -0.119. The summed E-state index contributed by atoms with van der Waals surface area (Å²) in [6.07, 6.45) is 1.23. The molecule has 0 fully saturated rings. The minimum Gasteiger partial charge on any atom is -0.298 e. The van der Waals surface area contributed by atoms with E-state index < -0.39 is 17.2 Å². The molecule has 0 amide bonds. The van der Waals surface area contributed by atoms with Crippen molar-refractivity contribution in [1.29, 1.82) is 0 Å². The molecule has 1 atom stereocenters. The molecule has 0 aliphatic rings. The summed E-state index contributed by atoms with van der Waals surface area (Å²) in [5.41, 5.74) is 1.33. The molecule has 1 heterocycles. The smallest absolute Gasteiger partial charge is 0.298 e. The van der Waals surface area contributed by atoms with Gasteiger partial charge in [0.1, 0.15) is 12.0 Å². The summed E-state index contributed by atoms with van der Waals surface area (Å²) in [7, 11) is 0. The summed E-state index contributed by atoms with van der Waals surface area (Å²) >= 11 is 12.6. The summed E-state index contributed by atoms with van der Waals surface area (Å²) in [6.45, 7) is 0. The molecule has 4 rings (SSSR count). The van der Waals surface area contributed by atoms with Crippen LogP contribution in [0.1, 0.15) is 22.6 Å². The molecule has 0 radical (unpaired) electrons. The maximum absolute atomic E-state index is 13.4. The van der Waals surface area contributed by atoms with E-state index in [0.29, 0.717) is 21.3 Å². The summed E-state index contributed by atoms with van der Waals surface area (Å²) < 4.78 is 1.03. The lowest BCUT2D eigenvalue weighted by atomic mass is 9.85. The van der Waals surface area contributed by atoms with Gasteiger partial charge in [-0.25, -0.2) is 4.79 Å². The highest BCUT2D eigenvalue weighted by atomic mass is 35.5. The number of nitrogens with zero attached hydrogens (tertiary/aromatic N) is 2. The van der Waals surface area contributed by atoms with Crippen LogP contribution in [0.5, 0.6) is 0 Å². The third-order valence-electron chi connectivity index (χ3n) is 5.00. The van der Waals surface area contributed by atoms with Crippen molar-refractivity contribution in [2.75, 3.05) is 0 Å². The molecule has 0 saturated carbocycles. The van der Waals surface area contributed by atoms with E-state index in [1.54, 1.807) is 42.5 Å². The second kappa shape index (κ2) is 9.34. The van der Waals surface area contributed by atoms with Gasteiger partial charge in [0.05, 0.1) is 11.6 Å². The van der Waals surface area contributed by atoms with Crippen molar-refractivity contribution < 1.29 is 4.79 Å². The van der Waals surface area contributed by atoms with E-state index in [1.165, 1.54) is 0 Å². The lowest BCUT2D eigenvalue weighted by Crippen LogP contribution is -2.30. The minimum absolute atomic E-state index is 0.0347. The number of hydrogen-bond donors (Lipinski definition) is 1. The number of H-pyrrole nitrogens is 1. The lowest BCUT2D eigenvalue weighted by Gasteiger charge is -2.19. The molecule has 0 spiro atoms. The number of ketones is 1. The number of carbonyl (C=O) groups is 1. The molecule has 6 nitrogen and oxygen atoms in total. The molecule has 8 heteroatoms. The second-order valence-corrected chi connectivity index (χ2v) is 8.01. The second-order valence-electron chi connectivity index (χ2n) is 7.17. The third kappa shape index (κ3) is 4.72. The van der Waals surface area contributed by atoms with Gasteiger partial charge in [-0.15, -0.1) is 0 Å². The van der Waals surface area contributed by atoms with Crippen molar-refractivity contribution in [2.45, 2.75) is 12.3 Å². The van der Waals surface area contributed by atoms with Crippen molar-refractivity contribution in [1.82, 2.24) is 14.8 Å². The highest BCUT2D eigenvalue weighted by Gasteiger charge is 2.25. The number of Topliss-reactive ketones (excluding diaryl/α,β-unsaturated/α-hetero) is 1. The van der Waals surface area contributed by atoms with E-state index >= 15 is 0 Å². The van der Waals surface area contributed by atoms with Crippen LogP contribution in [0, 0.1) is 0 Å². The Hall–Kier alpha value is -3.48. The molecule has 4 aromatic rings. The first-order chi connectivity index (χ1) is 15.4. The van der Waals surface area contributed by atoms with Crippen LogP contribution in [-0.2, 0) is 11.2 Å². The molecule has 0 saturated heterocycles. The first-order valence-electron chi connectivity index (χ1n) is 9.73. The summed E-state index contributed by atoms with van der Waals surface area (Å²) in [6, 6.07) is 21.4. The van der Waals surface area contributed by atoms with Crippen molar-refractivity contribution in [2.24, 2.45) is 0 Å². The monoisotopic (exact) mass is 465 g/mol. The topological polar surface area (TPSA) is 84.8 Å². The van der Waals surface area contributed by atoms with E-state index in [4.69, 9.17) is 23.2 Å². The number of halogens is 2. The Morgan fingerprint density at radius 3 is 2.34 bits per heavy atom. The Kier molecular flexibility index (Phi) is 6.35. The largest absolute Gasteiger partial charge is 0.349 e. The highest BCUT2D eigenvalue weighted by Crippen LogP contribution is 2.34. The molecule has 0 aliphatic heterocycles. The van der Waals surface area contributed by atoms with E-state index in [9.17, 15) is 14.4 Å². The molecule has 1 aromatic heterocycles. The van der Waals surface area contributed by atoms with Crippen LogP contribution in [0.15, 0.2) is 88.6 Å². The molecule has 32 heavy (non-hydrogen) atoms. The standard InChI is InChI=1S/C24H17Cl2N3O3/c25-17-8-6-16(7-9-17)23(21(30)12-15-4-2-1-3-5-15)19-11-10-18(13-20(19)26)29-24(32)28-22(31)14-27-29/h1-11,13-14,23H,12H2,(H,28,31,32). The Bertz CT molecular complexity index is 1380. The van der Waals surface area contributed by atoms with Crippen LogP contribution in [0.2, 0.25) is 10.0 Å². The normalized spacial score (nSPS) is 11.8. The maximum Gasteiger partial charge on any atom is 0.349 e. The van der Waals surface area contributed by atoms with E-state index in [0.717, 1.165) is 22.0 Å². The van der Waals surface area contributed by atoms with Gasteiger partial charge < -0.3 is 0 Å². The number of carbonyl (C=O) groups excluding carboxylic acids is 1. The Labute approximate surface area is 193 Å². The van der Waals surface area contributed by atoms with Crippen molar-refractivity contribution in [3.05, 3.63) is 127 Å². The average molecular weight is 466 g/mol. The van der Waals surface area contributed by atoms with Gasteiger partial charge in [-0.05, 0) is 41.0 Å². The van der Waals surface area contributed by atoms with Crippen LogP contribution in [0.3, 0.4) is 0 Å². The van der Waals surface area contributed by atoms with Gasteiger partial charge in [0.2, 0.25) is 0 Å². The van der Waals surface area contributed by atoms with Crippen LogP contribution >= 0.6 is 23.2 Å². The third-order valence-corrected chi connectivity index (χ3v) is 5.58. The fourth-order valence-corrected chi connectivity index (χ4v) is 3.92. The predicted octanol–water partition coefficient (Wildman–Crippen LogP) is 4.17. The number of aromatic nitrogens is 3. The van der Waals surface area contributed by atoms with Crippen LogP contribution in [-0.4, -0.2) is 20.5 Å². The minimum atomic E-state index is -0.685. The summed E-state index contributed by atoms with van der Waals surface area (Å²) in [5.74, 6) is -0.665. The Morgan fingerprint density at radius 1 is 0.969 bits per heavy atom. The van der Waals surface area contributed by atoms with E-state index in [-0.39, 0.29) is 12.2 Å². The predicted molar refractivity (Wildman–Crippen MR) is 124 cm³/mol. The molecule has 3 aromatic carbocycles. The fourth-order valence-electron chi connectivity index (χ4n) is 3.51.